The van der Waals surface area contributed by atoms with Crippen molar-refractivity contribution >= 4 is 21.8 Å². The molecule has 1 atom stereocenters. The van der Waals surface area contributed by atoms with Gasteiger partial charge in [0, 0.05) is 22.8 Å². The van der Waals surface area contributed by atoms with Gasteiger partial charge in [0.05, 0.1) is 17.2 Å². The largest absolute Gasteiger partial charge is 0.396 e. The molecule has 3 aromatic rings. The van der Waals surface area contributed by atoms with Gasteiger partial charge in [-0.05, 0) is 42.2 Å². The van der Waals surface area contributed by atoms with E-state index in [1.807, 2.05) is 6.92 Å². The van der Waals surface area contributed by atoms with Gasteiger partial charge in [0.1, 0.15) is 6.33 Å². The van der Waals surface area contributed by atoms with Crippen molar-refractivity contribution in [2.45, 2.75) is 48.8 Å². The number of aliphatic hydroxyl groups excluding tert-OH is 1. The van der Waals surface area contributed by atoms with Gasteiger partial charge in [0.15, 0.2) is 0 Å². The Morgan fingerprint density at radius 1 is 1.07 bits per heavy atom. The number of rotatable bonds is 7. The lowest BCUT2D eigenvalue weighted by Crippen LogP contribution is -2.12. The van der Waals surface area contributed by atoms with E-state index in [0.717, 1.165) is 14.4 Å². The number of imidazole rings is 1. The van der Waals surface area contributed by atoms with Crippen molar-refractivity contribution in [1.82, 2.24) is 8.96 Å². The minimum Gasteiger partial charge on any atom is -0.396 e. The predicted molar refractivity (Wildman–Crippen MR) is 122 cm³/mol. The van der Waals surface area contributed by atoms with E-state index >= 15 is 0 Å². The molecule has 1 N–H and O–H groups in total. The quantitative estimate of drug-likeness (QED) is 0.540. The first-order valence-electron chi connectivity index (χ1n) is 9.81. The van der Waals surface area contributed by atoms with Crippen LogP contribution < -0.4 is 0 Å². The number of hydrogen-bond acceptors (Lipinski definition) is 5. The zero-order chi connectivity index (χ0) is 21.9. The second kappa shape index (κ2) is 8.96. The fourth-order valence-corrected chi connectivity index (χ4v) is 5.11. The summed E-state index contributed by atoms with van der Waals surface area (Å²) in [6.45, 7) is 8.34. The third-order valence-electron chi connectivity index (χ3n) is 4.99. The molecule has 1 aromatic heterocycles. The molecule has 1 heterocycles. The third kappa shape index (κ3) is 5.14. The number of thioether (sulfide) groups is 1. The first kappa shape index (κ1) is 22.6. The highest BCUT2D eigenvalue weighted by atomic mass is 32.2. The number of nitrogens with zero attached hydrogens (tertiary/aromatic N) is 2. The average Bonchev–Trinajstić information content (AvgIpc) is 3.19. The summed E-state index contributed by atoms with van der Waals surface area (Å²) in [4.78, 5) is 5.58. The summed E-state index contributed by atoms with van der Waals surface area (Å²) in [7, 11) is -3.70. The summed E-state index contributed by atoms with van der Waals surface area (Å²) in [6.07, 6.45) is 2.80. The lowest BCUT2D eigenvalue weighted by Gasteiger charge is -2.19. The van der Waals surface area contributed by atoms with Gasteiger partial charge >= 0.3 is 0 Å². The van der Waals surface area contributed by atoms with Crippen LogP contribution in [0.15, 0.2) is 70.8 Å². The van der Waals surface area contributed by atoms with E-state index in [2.05, 4.69) is 50.0 Å². The molecular weight excluding hydrogens is 416 g/mol. The van der Waals surface area contributed by atoms with Crippen molar-refractivity contribution in [2.75, 3.05) is 12.4 Å². The van der Waals surface area contributed by atoms with E-state index < -0.39 is 10.0 Å². The summed E-state index contributed by atoms with van der Waals surface area (Å²) in [6, 6.07) is 15.1. The van der Waals surface area contributed by atoms with Gasteiger partial charge in [0.25, 0.3) is 10.0 Å². The average molecular weight is 445 g/mol. The summed E-state index contributed by atoms with van der Waals surface area (Å²) in [5.74, 6) is 0.346. The van der Waals surface area contributed by atoms with E-state index in [9.17, 15) is 13.5 Å². The summed E-state index contributed by atoms with van der Waals surface area (Å²) < 4.78 is 26.8. The molecule has 1 unspecified atom stereocenters. The molecule has 0 amide bonds. The highest BCUT2D eigenvalue weighted by molar-refractivity contribution is 7.99. The van der Waals surface area contributed by atoms with Crippen molar-refractivity contribution in [3.63, 3.8) is 0 Å². The molecule has 5 nitrogen and oxygen atoms in total. The SMILES string of the molecule is Cc1ccc(S(=O)(=O)n2cnc(C(CO)CSc3ccc(C(C)(C)C)cc3)c2)cc1. The molecule has 0 aliphatic carbocycles. The molecule has 2 aromatic carbocycles. The lowest BCUT2D eigenvalue weighted by molar-refractivity contribution is 0.273. The Kier molecular flexibility index (Phi) is 6.75. The Balaban J connectivity index is 1.72. The van der Waals surface area contributed by atoms with Crippen molar-refractivity contribution < 1.29 is 13.5 Å². The third-order valence-corrected chi connectivity index (χ3v) is 7.78. The van der Waals surface area contributed by atoms with Crippen LogP contribution >= 0.6 is 11.8 Å². The van der Waals surface area contributed by atoms with Gasteiger partial charge in [0.2, 0.25) is 0 Å². The monoisotopic (exact) mass is 444 g/mol. The van der Waals surface area contributed by atoms with Crippen LogP contribution in [0, 0.1) is 6.92 Å². The molecule has 7 heteroatoms. The van der Waals surface area contributed by atoms with Crippen LogP contribution in [0.2, 0.25) is 0 Å². The zero-order valence-corrected chi connectivity index (χ0v) is 19.4. The molecule has 0 aliphatic heterocycles. The highest BCUT2D eigenvalue weighted by Crippen LogP contribution is 2.29. The minimum absolute atomic E-state index is 0.103. The lowest BCUT2D eigenvalue weighted by atomic mass is 9.87. The normalized spacial score (nSPS) is 13.4. The molecule has 30 heavy (non-hydrogen) atoms. The Morgan fingerprint density at radius 2 is 1.70 bits per heavy atom. The Labute approximate surface area is 183 Å². The molecule has 0 fully saturated rings. The van der Waals surface area contributed by atoms with Crippen LogP contribution in [0.4, 0.5) is 0 Å². The van der Waals surface area contributed by atoms with Crippen LogP contribution in [0.5, 0.6) is 0 Å². The molecule has 3 rings (SSSR count). The van der Waals surface area contributed by atoms with Crippen LogP contribution in [-0.4, -0.2) is 34.8 Å². The fourth-order valence-electron chi connectivity index (χ4n) is 2.97. The topological polar surface area (TPSA) is 72.2 Å². The van der Waals surface area contributed by atoms with Crippen molar-refractivity contribution in [1.29, 1.82) is 0 Å². The molecule has 0 aliphatic rings. The number of aromatic nitrogens is 2. The van der Waals surface area contributed by atoms with Gasteiger partial charge in [-0.3, -0.25) is 0 Å². The standard InChI is InChI=1S/C23H28N2O3S2/c1-17-5-11-21(12-6-17)30(27,28)25-13-22(24-16-25)18(14-26)15-29-20-9-7-19(8-10-20)23(2,3)4/h5-13,16,18,26H,14-15H2,1-4H3. The number of hydrogen-bond donors (Lipinski definition) is 1. The molecule has 0 saturated carbocycles. The van der Waals surface area contributed by atoms with E-state index in [1.54, 1.807) is 36.0 Å². The van der Waals surface area contributed by atoms with Crippen LogP contribution in [0.1, 0.15) is 43.5 Å². The van der Waals surface area contributed by atoms with E-state index in [-0.39, 0.29) is 22.8 Å². The molecule has 160 valence electrons. The van der Waals surface area contributed by atoms with Gasteiger partial charge in [-0.15, -0.1) is 11.8 Å². The Hall–Kier alpha value is -2.09. The van der Waals surface area contributed by atoms with Crippen LogP contribution in [0.3, 0.4) is 0 Å². The fraction of sp³-hybridized carbons (Fsp3) is 0.348. The molecule has 0 saturated heterocycles. The number of aliphatic hydroxyl groups is 1. The van der Waals surface area contributed by atoms with Crippen molar-refractivity contribution in [2.24, 2.45) is 0 Å². The van der Waals surface area contributed by atoms with E-state index in [0.29, 0.717) is 11.4 Å². The molecule has 0 radical (unpaired) electrons. The first-order valence-corrected chi connectivity index (χ1v) is 12.2. The van der Waals surface area contributed by atoms with E-state index in [1.165, 1.54) is 18.1 Å². The number of aryl methyl sites for hydroxylation is 1. The highest BCUT2D eigenvalue weighted by Gasteiger charge is 2.21. The maximum Gasteiger partial charge on any atom is 0.268 e. The Morgan fingerprint density at radius 3 is 2.27 bits per heavy atom. The van der Waals surface area contributed by atoms with Gasteiger partial charge in [-0.2, -0.15) is 0 Å². The predicted octanol–water partition coefficient (Wildman–Crippen LogP) is 4.59. The molecular formula is C23H28N2O3S2. The number of benzene rings is 2. The smallest absolute Gasteiger partial charge is 0.268 e. The van der Waals surface area contributed by atoms with Crippen molar-refractivity contribution in [3.05, 3.63) is 77.9 Å². The summed E-state index contributed by atoms with van der Waals surface area (Å²) in [5.41, 5.74) is 2.93. The first-order chi connectivity index (χ1) is 14.1. The zero-order valence-electron chi connectivity index (χ0n) is 17.7. The summed E-state index contributed by atoms with van der Waals surface area (Å²) >= 11 is 1.62. The summed E-state index contributed by atoms with van der Waals surface area (Å²) in [5, 5.41) is 9.86. The molecule has 0 spiro atoms. The second-order valence-corrected chi connectivity index (χ2v) is 11.3. The Bertz CT molecular complexity index is 1080. The van der Waals surface area contributed by atoms with Gasteiger partial charge < -0.3 is 5.11 Å². The van der Waals surface area contributed by atoms with Crippen molar-refractivity contribution in [3.8, 4) is 0 Å². The van der Waals surface area contributed by atoms with Gasteiger partial charge in [-0.25, -0.2) is 17.4 Å². The van der Waals surface area contributed by atoms with Crippen LogP contribution in [-0.2, 0) is 15.4 Å². The van der Waals surface area contributed by atoms with Crippen LogP contribution in [0.25, 0.3) is 0 Å². The van der Waals surface area contributed by atoms with E-state index in [4.69, 9.17) is 0 Å². The molecule has 0 bridgehead atoms. The maximum atomic E-state index is 12.8. The van der Waals surface area contributed by atoms with Gasteiger partial charge in [-0.1, -0.05) is 50.6 Å². The maximum absolute atomic E-state index is 12.8. The minimum atomic E-state index is -3.70. The second-order valence-electron chi connectivity index (χ2n) is 8.41.